The highest BCUT2D eigenvalue weighted by atomic mass is 19.1. The van der Waals surface area contributed by atoms with Crippen molar-refractivity contribution in [3.63, 3.8) is 0 Å². The Bertz CT molecular complexity index is 548. The second-order valence-corrected chi connectivity index (χ2v) is 5.00. The fraction of sp³-hybridized carbons (Fsp3) is 0.400. The van der Waals surface area contributed by atoms with Gasteiger partial charge in [0.05, 0.1) is 5.69 Å². The summed E-state index contributed by atoms with van der Waals surface area (Å²) in [6.45, 7) is 2.51. The second kappa shape index (κ2) is 5.97. The van der Waals surface area contributed by atoms with Gasteiger partial charge in [0, 0.05) is 12.7 Å². The Morgan fingerprint density at radius 3 is 2.63 bits per heavy atom. The Hall–Kier alpha value is -1.68. The minimum absolute atomic E-state index is 0.151. The van der Waals surface area contributed by atoms with E-state index in [0.29, 0.717) is 13.0 Å². The first-order chi connectivity index (χ1) is 9.10. The van der Waals surface area contributed by atoms with Crippen molar-refractivity contribution in [2.45, 2.75) is 19.8 Å². The average molecular weight is 261 g/mol. The molecule has 2 N–H and O–H groups in total. The number of aromatic nitrogens is 2. The van der Waals surface area contributed by atoms with E-state index in [1.165, 1.54) is 6.07 Å². The zero-order valence-electron chi connectivity index (χ0n) is 11.4. The molecule has 2 aromatic rings. The average Bonchev–Trinajstić information content (AvgIpc) is 2.69. The summed E-state index contributed by atoms with van der Waals surface area (Å²) < 4.78 is 15.5. The molecule has 1 heterocycles. The van der Waals surface area contributed by atoms with Crippen LogP contribution in [0.25, 0.3) is 0 Å². The van der Waals surface area contributed by atoms with Gasteiger partial charge < -0.3 is 5.73 Å². The fourth-order valence-electron chi connectivity index (χ4n) is 2.36. The van der Waals surface area contributed by atoms with Gasteiger partial charge in [-0.3, -0.25) is 4.68 Å². The molecule has 1 unspecified atom stereocenters. The predicted molar refractivity (Wildman–Crippen MR) is 74.3 cm³/mol. The van der Waals surface area contributed by atoms with E-state index < -0.39 is 0 Å². The maximum Gasteiger partial charge on any atom is 0.126 e. The summed E-state index contributed by atoms with van der Waals surface area (Å²) in [6.07, 6.45) is 1.48. The number of nitrogens with two attached hydrogens (primary N) is 1. The summed E-state index contributed by atoms with van der Waals surface area (Å²) in [5.41, 5.74) is 8.70. The Morgan fingerprint density at radius 1 is 1.32 bits per heavy atom. The van der Waals surface area contributed by atoms with Gasteiger partial charge in [0.25, 0.3) is 0 Å². The van der Waals surface area contributed by atoms with Crippen molar-refractivity contribution in [1.82, 2.24) is 9.78 Å². The normalized spacial score (nSPS) is 12.6. The second-order valence-electron chi connectivity index (χ2n) is 5.00. The first-order valence-corrected chi connectivity index (χ1v) is 6.53. The molecular weight excluding hydrogens is 241 g/mol. The van der Waals surface area contributed by atoms with Crippen LogP contribution < -0.4 is 5.73 Å². The van der Waals surface area contributed by atoms with E-state index in [4.69, 9.17) is 5.73 Å². The number of nitrogens with zero attached hydrogens (tertiary/aromatic N) is 2. The van der Waals surface area contributed by atoms with Gasteiger partial charge in [-0.25, -0.2) is 4.39 Å². The molecule has 0 bridgehead atoms. The highest BCUT2D eigenvalue weighted by molar-refractivity contribution is 5.19. The SMILES string of the molecule is Cc1cc(CC(CN)Cc2ccccc2F)n(C)n1. The standard InChI is InChI=1S/C15H20FN3/c1-11-7-14(19(2)18-11)9-12(10-17)8-13-5-3-4-6-15(13)16/h3-7,12H,8-10,17H2,1-2H3. The first kappa shape index (κ1) is 13.7. The Labute approximate surface area is 113 Å². The van der Waals surface area contributed by atoms with Crippen LogP contribution in [-0.2, 0) is 19.9 Å². The zero-order chi connectivity index (χ0) is 13.8. The minimum atomic E-state index is -0.151. The molecule has 0 radical (unpaired) electrons. The quantitative estimate of drug-likeness (QED) is 0.897. The van der Waals surface area contributed by atoms with Gasteiger partial charge >= 0.3 is 0 Å². The molecule has 1 atom stereocenters. The Balaban J connectivity index is 2.09. The molecule has 0 spiro atoms. The van der Waals surface area contributed by atoms with E-state index in [9.17, 15) is 4.39 Å². The molecule has 1 aromatic heterocycles. The predicted octanol–water partition coefficient (Wildman–Crippen LogP) is 2.23. The highest BCUT2D eigenvalue weighted by Crippen LogP contribution is 2.16. The molecule has 4 heteroatoms. The summed E-state index contributed by atoms with van der Waals surface area (Å²) >= 11 is 0. The summed E-state index contributed by atoms with van der Waals surface area (Å²) in [5, 5.41) is 4.32. The van der Waals surface area contributed by atoms with Gasteiger partial charge in [-0.15, -0.1) is 0 Å². The maximum absolute atomic E-state index is 13.7. The zero-order valence-corrected chi connectivity index (χ0v) is 11.4. The van der Waals surface area contributed by atoms with Gasteiger partial charge in [0.15, 0.2) is 0 Å². The molecule has 0 aliphatic rings. The van der Waals surface area contributed by atoms with Crippen LogP contribution in [0.5, 0.6) is 0 Å². The van der Waals surface area contributed by atoms with Crippen molar-refractivity contribution in [3.8, 4) is 0 Å². The topological polar surface area (TPSA) is 43.8 Å². The molecule has 0 fully saturated rings. The number of benzene rings is 1. The molecule has 0 aliphatic carbocycles. The monoisotopic (exact) mass is 261 g/mol. The van der Waals surface area contributed by atoms with Gasteiger partial charge in [0.1, 0.15) is 5.82 Å². The molecule has 0 amide bonds. The third-order valence-corrected chi connectivity index (χ3v) is 3.40. The van der Waals surface area contributed by atoms with Crippen molar-refractivity contribution >= 4 is 0 Å². The molecule has 0 saturated carbocycles. The third kappa shape index (κ3) is 3.41. The summed E-state index contributed by atoms with van der Waals surface area (Å²) in [5.74, 6) is 0.0776. The molecule has 0 saturated heterocycles. The molecule has 1 aromatic carbocycles. The molecule has 2 rings (SSSR count). The number of rotatable bonds is 5. The van der Waals surface area contributed by atoms with Crippen LogP contribution in [0.2, 0.25) is 0 Å². The minimum Gasteiger partial charge on any atom is -0.330 e. The lowest BCUT2D eigenvalue weighted by molar-refractivity contribution is 0.495. The number of hydrogen-bond acceptors (Lipinski definition) is 2. The van der Waals surface area contributed by atoms with E-state index in [1.807, 2.05) is 30.8 Å². The first-order valence-electron chi connectivity index (χ1n) is 6.53. The van der Waals surface area contributed by atoms with Gasteiger partial charge in [-0.1, -0.05) is 18.2 Å². The number of hydrogen-bond donors (Lipinski definition) is 1. The van der Waals surface area contributed by atoms with Crippen molar-refractivity contribution in [1.29, 1.82) is 0 Å². The Morgan fingerprint density at radius 2 is 2.05 bits per heavy atom. The van der Waals surface area contributed by atoms with Crippen LogP contribution in [0.1, 0.15) is 17.0 Å². The van der Waals surface area contributed by atoms with Gasteiger partial charge in [-0.2, -0.15) is 5.10 Å². The lowest BCUT2D eigenvalue weighted by atomic mass is 9.94. The van der Waals surface area contributed by atoms with Crippen molar-refractivity contribution in [3.05, 3.63) is 53.1 Å². The Kier molecular flexibility index (Phi) is 4.32. The van der Waals surface area contributed by atoms with Crippen LogP contribution in [0.3, 0.4) is 0 Å². The maximum atomic E-state index is 13.7. The van der Waals surface area contributed by atoms with E-state index >= 15 is 0 Å². The molecule has 3 nitrogen and oxygen atoms in total. The van der Waals surface area contributed by atoms with Crippen molar-refractivity contribution < 1.29 is 4.39 Å². The van der Waals surface area contributed by atoms with Crippen LogP contribution >= 0.6 is 0 Å². The van der Waals surface area contributed by atoms with E-state index in [1.54, 1.807) is 6.07 Å². The highest BCUT2D eigenvalue weighted by Gasteiger charge is 2.14. The molecular formula is C15H20FN3. The van der Waals surface area contributed by atoms with E-state index in [2.05, 4.69) is 11.2 Å². The summed E-state index contributed by atoms with van der Waals surface area (Å²) in [4.78, 5) is 0. The molecule has 0 aliphatic heterocycles. The van der Waals surface area contributed by atoms with Crippen LogP contribution in [-0.4, -0.2) is 16.3 Å². The fourth-order valence-corrected chi connectivity index (χ4v) is 2.36. The van der Waals surface area contributed by atoms with E-state index in [0.717, 1.165) is 23.4 Å². The van der Waals surface area contributed by atoms with E-state index in [-0.39, 0.29) is 11.7 Å². The summed E-state index contributed by atoms with van der Waals surface area (Å²) in [6, 6.07) is 8.95. The molecule has 19 heavy (non-hydrogen) atoms. The van der Waals surface area contributed by atoms with Crippen molar-refractivity contribution in [2.75, 3.05) is 6.54 Å². The van der Waals surface area contributed by atoms with Gasteiger partial charge in [-0.05, 0) is 49.9 Å². The third-order valence-electron chi connectivity index (χ3n) is 3.40. The lowest BCUT2D eigenvalue weighted by Gasteiger charge is -2.15. The largest absolute Gasteiger partial charge is 0.330 e. The van der Waals surface area contributed by atoms with Crippen LogP contribution in [0.4, 0.5) is 4.39 Å². The molecule has 102 valence electrons. The van der Waals surface area contributed by atoms with Crippen LogP contribution in [0.15, 0.2) is 30.3 Å². The van der Waals surface area contributed by atoms with Crippen molar-refractivity contribution in [2.24, 2.45) is 18.7 Å². The number of aryl methyl sites for hydroxylation is 2. The van der Waals surface area contributed by atoms with Crippen LogP contribution in [0, 0.1) is 18.7 Å². The smallest absolute Gasteiger partial charge is 0.126 e. The number of halogens is 1. The lowest BCUT2D eigenvalue weighted by Crippen LogP contribution is -2.21. The summed E-state index contributed by atoms with van der Waals surface area (Å²) in [7, 11) is 1.93. The van der Waals surface area contributed by atoms with Gasteiger partial charge in [0.2, 0.25) is 0 Å².